The Bertz CT molecular complexity index is 1240. The van der Waals surface area contributed by atoms with Crippen LogP contribution in [-0.4, -0.2) is 61.6 Å². The largest absolute Gasteiger partial charge is 0.493 e. The van der Waals surface area contributed by atoms with E-state index in [-0.39, 0.29) is 5.91 Å². The van der Waals surface area contributed by atoms with E-state index in [0.717, 1.165) is 36.3 Å². The summed E-state index contributed by atoms with van der Waals surface area (Å²) < 4.78 is 18.1. The van der Waals surface area contributed by atoms with Gasteiger partial charge in [0.1, 0.15) is 0 Å². The maximum Gasteiger partial charge on any atom is 0.234 e. The van der Waals surface area contributed by atoms with E-state index < -0.39 is 0 Å². The number of carbonyl (C=O) groups is 1. The summed E-state index contributed by atoms with van der Waals surface area (Å²) in [6.45, 7) is 6.49. The Hall–Kier alpha value is -3.78. The van der Waals surface area contributed by atoms with Gasteiger partial charge >= 0.3 is 0 Å². The molecule has 2 aromatic carbocycles. The molecule has 0 radical (unpaired) electrons. The van der Waals surface area contributed by atoms with Crippen molar-refractivity contribution in [2.75, 3.05) is 41.0 Å². The second kappa shape index (κ2) is 11.3. The van der Waals surface area contributed by atoms with E-state index >= 15 is 0 Å². The number of amides is 1. The summed E-state index contributed by atoms with van der Waals surface area (Å²) in [5.74, 6) is 1.64. The van der Waals surface area contributed by atoms with Crippen molar-refractivity contribution in [1.82, 2.24) is 20.0 Å². The minimum absolute atomic E-state index is 0.0248. The molecule has 0 atom stereocenters. The van der Waals surface area contributed by atoms with Crippen molar-refractivity contribution in [2.45, 2.75) is 26.8 Å². The summed E-state index contributed by atoms with van der Waals surface area (Å²) in [7, 11) is 4.72. The Morgan fingerprint density at radius 2 is 1.78 bits per heavy atom. The fourth-order valence-corrected chi connectivity index (χ4v) is 4.31. The van der Waals surface area contributed by atoms with Crippen LogP contribution in [0.2, 0.25) is 0 Å². The lowest BCUT2D eigenvalue weighted by Crippen LogP contribution is -2.39. The fraction of sp³-hybridized carbons (Fsp3) is 0.357. The lowest BCUT2D eigenvalue weighted by molar-refractivity contribution is -0.122. The first kappa shape index (κ1) is 25.3. The number of ether oxygens (including phenoxy) is 3. The SMILES string of the molecule is COc1cc(CNC(=O)CN2CC=C(c3cnn(-c4ccc(C)c(C)c4)c3)CC2)cc(OC)c1OC. The molecule has 1 N–H and O–H groups in total. The molecule has 2 heterocycles. The Balaban J connectivity index is 1.32. The molecule has 0 fully saturated rings. The topological polar surface area (TPSA) is 77.9 Å². The number of benzene rings is 2. The smallest absolute Gasteiger partial charge is 0.234 e. The number of aryl methyl sites for hydroxylation is 2. The van der Waals surface area contributed by atoms with Crippen LogP contribution < -0.4 is 19.5 Å². The predicted molar refractivity (Wildman–Crippen MR) is 140 cm³/mol. The third kappa shape index (κ3) is 5.71. The Kier molecular flexibility index (Phi) is 7.95. The highest BCUT2D eigenvalue weighted by atomic mass is 16.5. The summed E-state index contributed by atoms with van der Waals surface area (Å²) in [6, 6.07) is 10.0. The molecule has 0 saturated carbocycles. The highest BCUT2D eigenvalue weighted by molar-refractivity contribution is 5.78. The molecule has 4 rings (SSSR count). The molecule has 1 aliphatic heterocycles. The molecule has 0 bridgehead atoms. The molecule has 190 valence electrons. The molecule has 0 saturated heterocycles. The highest BCUT2D eigenvalue weighted by Crippen LogP contribution is 2.38. The molecule has 8 heteroatoms. The Morgan fingerprint density at radius 1 is 1.03 bits per heavy atom. The van der Waals surface area contributed by atoms with Gasteiger partial charge in [-0.1, -0.05) is 12.1 Å². The van der Waals surface area contributed by atoms with Crippen LogP contribution in [0.3, 0.4) is 0 Å². The van der Waals surface area contributed by atoms with E-state index in [9.17, 15) is 4.79 Å². The van der Waals surface area contributed by atoms with E-state index in [1.54, 1.807) is 21.3 Å². The maximum atomic E-state index is 12.6. The Morgan fingerprint density at radius 3 is 2.39 bits per heavy atom. The van der Waals surface area contributed by atoms with Gasteiger partial charge in [0.05, 0.1) is 39.8 Å². The van der Waals surface area contributed by atoms with Crippen molar-refractivity contribution in [1.29, 1.82) is 0 Å². The van der Waals surface area contributed by atoms with Gasteiger partial charge in [-0.25, -0.2) is 4.68 Å². The summed E-state index contributed by atoms with van der Waals surface area (Å²) in [4.78, 5) is 14.7. The monoisotopic (exact) mass is 490 g/mol. The number of nitrogens with one attached hydrogen (secondary N) is 1. The van der Waals surface area contributed by atoms with Crippen LogP contribution in [-0.2, 0) is 11.3 Å². The van der Waals surface area contributed by atoms with Gasteiger partial charge < -0.3 is 19.5 Å². The molecular formula is C28H34N4O4. The molecule has 0 unspecified atom stereocenters. The van der Waals surface area contributed by atoms with Crippen LogP contribution in [0.5, 0.6) is 17.2 Å². The molecule has 3 aromatic rings. The van der Waals surface area contributed by atoms with Crippen LogP contribution in [0.15, 0.2) is 48.8 Å². The molecule has 36 heavy (non-hydrogen) atoms. The lowest BCUT2D eigenvalue weighted by Gasteiger charge is -2.25. The van der Waals surface area contributed by atoms with E-state index in [2.05, 4.69) is 59.6 Å². The fourth-order valence-electron chi connectivity index (χ4n) is 4.31. The van der Waals surface area contributed by atoms with Crippen LogP contribution in [0.25, 0.3) is 11.3 Å². The van der Waals surface area contributed by atoms with Gasteiger partial charge in [0.15, 0.2) is 11.5 Å². The van der Waals surface area contributed by atoms with Crippen molar-refractivity contribution in [3.8, 4) is 22.9 Å². The van der Waals surface area contributed by atoms with Gasteiger partial charge in [0.2, 0.25) is 11.7 Å². The van der Waals surface area contributed by atoms with Crippen molar-refractivity contribution < 1.29 is 19.0 Å². The highest BCUT2D eigenvalue weighted by Gasteiger charge is 2.18. The van der Waals surface area contributed by atoms with Crippen molar-refractivity contribution >= 4 is 11.5 Å². The molecule has 1 amide bonds. The average molecular weight is 491 g/mol. The average Bonchev–Trinajstić information content (AvgIpc) is 3.39. The normalized spacial score (nSPS) is 13.8. The van der Waals surface area contributed by atoms with Crippen molar-refractivity contribution in [3.05, 3.63) is 71.1 Å². The van der Waals surface area contributed by atoms with Gasteiger partial charge in [-0.2, -0.15) is 5.10 Å². The van der Waals surface area contributed by atoms with E-state index in [1.165, 1.54) is 16.7 Å². The van der Waals surface area contributed by atoms with E-state index in [4.69, 9.17) is 14.2 Å². The number of hydrogen-bond acceptors (Lipinski definition) is 6. The zero-order chi connectivity index (χ0) is 25.7. The first-order valence-electron chi connectivity index (χ1n) is 12.0. The number of methoxy groups -OCH3 is 3. The van der Waals surface area contributed by atoms with Crippen LogP contribution in [0.4, 0.5) is 0 Å². The minimum atomic E-state index is -0.0248. The minimum Gasteiger partial charge on any atom is -0.493 e. The molecule has 1 aromatic heterocycles. The zero-order valence-electron chi connectivity index (χ0n) is 21.6. The summed E-state index contributed by atoms with van der Waals surface area (Å²) in [5.41, 5.74) is 6.85. The Labute approximate surface area is 212 Å². The summed E-state index contributed by atoms with van der Waals surface area (Å²) in [5, 5.41) is 7.55. The van der Waals surface area contributed by atoms with Crippen molar-refractivity contribution in [3.63, 3.8) is 0 Å². The zero-order valence-corrected chi connectivity index (χ0v) is 21.6. The van der Waals surface area contributed by atoms with Gasteiger partial charge in [-0.05, 0) is 66.8 Å². The van der Waals surface area contributed by atoms with Gasteiger partial charge in [-0.3, -0.25) is 9.69 Å². The third-order valence-corrected chi connectivity index (χ3v) is 6.58. The second-order valence-electron chi connectivity index (χ2n) is 8.97. The van der Waals surface area contributed by atoms with E-state index in [1.807, 2.05) is 23.0 Å². The molecule has 0 aliphatic carbocycles. The number of hydrogen-bond donors (Lipinski definition) is 1. The maximum absolute atomic E-state index is 12.6. The van der Waals surface area contributed by atoms with Crippen LogP contribution in [0, 0.1) is 13.8 Å². The van der Waals surface area contributed by atoms with Crippen LogP contribution in [0.1, 0.15) is 28.7 Å². The van der Waals surface area contributed by atoms with Crippen molar-refractivity contribution in [2.24, 2.45) is 0 Å². The second-order valence-corrected chi connectivity index (χ2v) is 8.97. The number of nitrogens with zero attached hydrogens (tertiary/aromatic N) is 3. The molecule has 1 aliphatic rings. The summed E-state index contributed by atoms with van der Waals surface area (Å²) in [6.07, 6.45) is 7.06. The first-order valence-corrected chi connectivity index (χ1v) is 12.0. The van der Waals surface area contributed by atoms with Gasteiger partial charge in [-0.15, -0.1) is 0 Å². The number of carbonyl (C=O) groups excluding carboxylic acids is 1. The number of rotatable bonds is 9. The van der Waals surface area contributed by atoms with Gasteiger partial charge in [0.25, 0.3) is 0 Å². The standard InChI is InChI=1S/C28H34N4O4/c1-19-6-7-24(12-20(19)2)32-17-23(16-30-32)22-8-10-31(11-9-22)18-27(33)29-15-21-13-25(34-3)28(36-5)26(14-21)35-4/h6-8,12-14,16-17H,9-11,15,18H2,1-5H3,(H,29,33). The lowest BCUT2D eigenvalue weighted by atomic mass is 10.0. The molecular weight excluding hydrogens is 456 g/mol. The third-order valence-electron chi connectivity index (χ3n) is 6.58. The van der Waals surface area contributed by atoms with Crippen LogP contribution >= 0.6 is 0 Å². The predicted octanol–water partition coefficient (Wildman–Crippen LogP) is 3.92. The molecule has 0 spiro atoms. The quantitative estimate of drug-likeness (QED) is 0.490. The van der Waals surface area contributed by atoms with E-state index in [0.29, 0.717) is 30.3 Å². The summed E-state index contributed by atoms with van der Waals surface area (Å²) >= 11 is 0. The first-order chi connectivity index (χ1) is 17.4. The number of aromatic nitrogens is 2. The van der Waals surface area contributed by atoms with Gasteiger partial charge in [0, 0.05) is 31.4 Å². The molecule has 8 nitrogen and oxygen atoms in total.